The van der Waals surface area contributed by atoms with E-state index in [-0.39, 0.29) is 10.8 Å². The van der Waals surface area contributed by atoms with Crippen molar-refractivity contribution in [3.8, 4) is 55.6 Å². The summed E-state index contributed by atoms with van der Waals surface area (Å²) in [6.45, 7) is 16.0. The smallest absolute Gasteiger partial charge is 0.0462 e. The van der Waals surface area contributed by atoms with Gasteiger partial charge in [0.25, 0.3) is 0 Å². The largest absolute Gasteiger partial charge is 0.345 e. The van der Waals surface area contributed by atoms with E-state index in [1.165, 1.54) is 170 Å². The number of nitrogens with zero attached hydrogens (tertiary/aromatic N) is 2. The summed E-state index contributed by atoms with van der Waals surface area (Å²) in [5.41, 5.74) is 28.1. The third kappa shape index (κ3) is 11.4. The number of rotatable bonds is 21. The molecule has 0 amide bonds. The zero-order valence-corrected chi connectivity index (χ0v) is 49.9. The van der Waals surface area contributed by atoms with Gasteiger partial charge in [-0.1, -0.05) is 242 Å². The fraction of sp³-hybridized carbons (Fsp3) is 0.250. The van der Waals surface area contributed by atoms with Gasteiger partial charge in [0.1, 0.15) is 0 Å². The average Bonchev–Trinajstić information content (AvgIpc) is 4.04. The summed E-state index contributed by atoms with van der Waals surface area (Å²) >= 11 is 0. The number of fused-ring (bicyclic) bond motifs is 3. The number of unbranched alkanes of at least 4 members (excludes halogenated alkanes) is 6. The highest BCUT2D eigenvalue weighted by Gasteiger charge is 2.43. The number of anilines is 5. The second kappa shape index (κ2) is 24.5. The molecule has 0 radical (unpaired) electrons. The highest BCUT2D eigenvalue weighted by atomic mass is 15.1. The number of hydrogen-bond acceptors (Lipinski definition) is 2. The van der Waals surface area contributed by atoms with Crippen LogP contribution in [0.25, 0.3) is 55.6 Å². The van der Waals surface area contributed by atoms with Crippen LogP contribution in [0.4, 0.5) is 28.4 Å². The molecule has 2 heteroatoms. The van der Waals surface area contributed by atoms with Crippen LogP contribution in [0.1, 0.15) is 131 Å². The van der Waals surface area contributed by atoms with Crippen molar-refractivity contribution in [1.82, 2.24) is 0 Å². The van der Waals surface area contributed by atoms with Crippen LogP contribution in [0.2, 0.25) is 0 Å². The first kappa shape index (κ1) is 55.7. The summed E-state index contributed by atoms with van der Waals surface area (Å²) in [5, 5.41) is 0. The average molecular weight is 1070 g/mol. The van der Waals surface area contributed by atoms with E-state index in [0.29, 0.717) is 0 Å². The number of hydrogen-bond donors (Lipinski definition) is 0. The molecule has 82 heavy (non-hydrogen) atoms. The van der Waals surface area contributed by atoms with Crippen LogP contribution in [0.3, 0.4) is 0 Å². The Kier molecular flexibility index (Phi) is 16.6. The predicted octanol–water partition coefficient (Wildman–Crippen LogP) is 23.1. The Morgan fingerprint density at radius 1 is 0.341 bits per heavy atom. The van der Waals surface area contributed by atoms with Crippen molar-refractivity contribution in [2.45, 2.75) is 124 Å². The number of para-hydroxylation sites is 2. The van der Waals surface area contributed by atoms with Gasteiger partial charge in [-0.3, -0.25) is 0 Å². The fourth-order valence-corrected chi connectivity index (χ4v) is 13.2. The SMILES string of the molecule is CCCCCCC1(CCCCCC)c2cc(-c3ccc(N(C)c4ccccc4)cc3)ccc2-c2ccc(-c3ccc(N(c4ccccc4)c4ccc(-c5ccc(C(C)(C)c6ccc(-c7ccc(C)cc7)c(C)c6)cc5C)cc4)cc3)cc21. The van der Waals surface area contributed by atoms with E-state index in [2.05, 4.69) is 296 Å². The molecule has 0 heterocycles. The first-order valence-electron chi connectivity index (χ1n) is 30.5. The first-order valence-corrected chi connectivity index (χ1v) is 30.5. The Morgan fingerprint density at radius 2 is 0.707 bits per heavy atom. The van der Waals surface area contributed by atoms with Crippen molar-refractivity contribution >= 4 is 28.4 Å². The van der Waals surface area contributed by atoms with E-state index >= 15 is 0 Å². The van der Waals surface area contributed by atoms with Crippen molar-refractivity contribution in [1.29, 1.82) is 0 Å². The summed E-state index contributed by atoms with van der Waals surface area (Å²) in [4.78, 5) is 4.65. The van der Waals surface area contributed by atoms with Crippen LogP contribution in [0.5, 0.6) is 0 Å². The Hall–Kier alpha value is -8.20. The predicted molar refractivity (Wildman–Crippen MR) is 354 cm³/mol. The van der Waals surface area contributed by atoms with E-state index in [4.69, 9.17) is 0 Å². The van der Waals surface area contributed by atoms with Crippen LogP contribution >= 0.6 is 0 Å². The third-order valence-corrected chi connectivity index (χ3v) is 18.2. The van der Waals surface area contributed by atoms with Crippen LogP contribution in [-0.4, -0.2) is 7.05 Å². The lowest BCUT2D eigenvalue weighted by Crippen LogP contribution is -2.25. The maximum absolute atomic E-state index is 2.59. The number of aryl methyl sites for hydroxylation is 3. The first-order chi connectivity index (χ1) is 39.9. The second-order valence-electron chi connectivity index (χ2n) is 24.0. The summed E-state index contributed by atoms with van der Waals surface area (Å²) in [7, 11) is 2.15. The molecule has 11 rings (SSSR count). The Labute approximate surface area is 491 Å². The Balaban J connectivity index is 0.877. The van der Waals surface area contributed by atoms with Gasteiger partial charge in [-0.05, 0) is 195 Å². The molecule has 0 N–H and O–H groups in total. The van der Waals surface area contributed by atoms with Gasteiger partial charge in [0.2, 0.25) is 0 Å². The molecule has 0 aliphatic heterocycles. The molecule has 0 unspecified atom stereocenters. The minimum absolute atomic E-state index is 0.0480. The lowest BCUT2D eigenvalue weighted by molar-refractivity contribution is 0.401. The van der Waals surface area contributed by atoms with Gasteiger partial charge in [-0.25, -0.2) is 0 Å². The lowest BCUT2D eigenvalue weighted by atomic mass is 9.70. The van der Waals surface area contributed by atoms with Crippen molar-refractivity contribution < 1.29 is 0 Å². The molecule has 0 spiro atoms. The summed E-state index contributed by atoms with van der Waals surface area (Å²) < 4.78 is 0. The van der Waals surface area contributed by atoms with Gasteiger partial charge in [-0.15, -0.1) is 0 Å². The highest BCUT2D eigenvalue weighted by Crippen LogP contribution is 2.56. The lowest BCUT2D eigenvalue weighted by Gasteiger charge is -2.33. The van der Waals surface area contributed by atoms with E-state index < -0.39 is 0 Å². The van der Waals surface area contributed by atoms with E-state index in [9.17, 15) is 0 Å². The van der Waals surface area contributed by atoms with E-state index in [1.54, 1.807) is 0 Å². The Bertz CT molecular complexity index is 3740. The Morgan fingerprint density at radius 3 is 1.15 bits per heavy atom. The third-order valence-electron chi connectivity index (χ3n) is 18.2. The summed E-state index contributed by atoms with van der Waals surface area (Å²) in [6.07, 6.45) is 12.4. The molecule has 10 aromatic carbocycles. The molecule has 0 atom stereocenters. The molecule has 0 saturated carbocycles. The van der Waals surface area contributed by atoms with Crippen LogP contribution in [0, 0.1) is 20.8 Å². The van der Waals surface area contributed by atoms with Gasteiger partial charge >= 0.3 is 0 Å². The molecule has 0 fully saturated rings. The van der Waals surface area contributed by atoms with Crippen LogP contribution < -0.4 is 9.80 Å². The summed E-state index contributed by atoms with van der Waals surface area (Å²) in [5.74, 6) is 0. The van der Waals surface area contributed by atoms with Crippen molar-refractivity contribution in [2.24, 2.45) is 0 Å². The molecule has 0 saturated heterocycles. The molecule has 1 aliphatic carbocycles. The normalized spacial score (nSPS) is 12.5. The maximum Gasteiger partial charge on any atom is 0.0462 e. The van der Waals surface area contributed by atoms with Gasteiger partial charge in [0.15, 0.2) is 0 Å². The van der Waals surface area contributed by atoms with E-state index in [1.807, 2.05) is 0 Å². The molecule has 10 aromatic rings. The minimum atomic E-state index is -0.158. The topological polar surface area (TPSA) is 6.48 Å². The van der Waals surface area contributed by atoms with Crippen molar-refractivity contribution in [3.63, 3.8) is 0 Å². The van der Waals surface area contributed by atoms with Gasteiger partial charge in [-0.2, -0.15) is 0 Å². The van der Waals surface area contributed by atoms with Crippen LogP contribution in [0.15, 0.2) is 231 Å². The second-order valence-corrected chi connectivity index (χ2v) is 24.0. The quantitative estimate of drug-likeness (QED) is 0.0662. The highest BCUT2D eigenvalue weighted by molar-refractivity contribution is 5.87. The number of benzene rings is 10. The van der Waals surface area contributed by atoms with Gasteiger partial charge in [0, 0.05) is 46.3 Å². The maximum atomic E-state index is 2.59. The summed E-state index contributed by atoms with van der Waals surface area (Å²) in [6, 6.07) is 86.9. The van der Waals surface area contributed by atoms with Gasteiger partial charge in [0.05, 0.1) is 0 Å². The van der Waals surface area contributed by atoms with Gasteiger partial charge < -0.3 is 9.80 Å². The molecular formula is C80H82N2. The molecule has 1 aliphatic rings. The minimum Gasteiger partial charge on any atom is -0.345 e. The zero-order valence-electron chi connectivity index (χ0n) is 49.9. The van der Waals surface area contributed by atoms with Crippen molar-refractivity contribution in [2.75, 3.05) is 16.8 Å². The molecule has 2 nitrogen and oxygen atoms in total. The molecule has 0 bridgehead atoms. The van der Waals surface area contributed by atoms with Crippen LogP contribution in [-0.2, 0) is 10.8 Å². The zero-order chi connectivity index (χ0) is 56.8. The molecule has 412 valence electrons. The monoisotopic (exact) mass is 1070 g/mol. The molecular weight excluding hydrogens is 989 g/mol. The van der Waals surface area contributed by atoms with E-state index in [0.717, 1.165) is 17.1 Å². The van der Waals surface area contributed by atoms with Crippen molar-refractivity contribution in [3.05, 3.63) is 269 Å². The standard InChI is InChI=1S/C80H82N2/c1-9-11-13-21-51-80(52-22-14-12-10-2)77-55-64(60-31-41-69(42-32-60)81(8)68-23-17-15-18-24-68)37-47-75(77)76-48-38-65(56-78(76)80)61-33-43-71(44-34-61)82(70-25-19-16-20-26-70)72-45-35-63(36-46-72)74-50-40-67(54-59(74)5)79(6,7)66-39-49-73(58(4)53-66)62-29-27-57(3)28-30-62/h15-20,23-50,53-56H,9-14,21-22,51-52H2,1-8H3. The molecule has 0 aromatic heterocycles. The fourth-order valence-electron chi connectivity index (χ4n) is 13.2.